The molecule has 0 aliphatic carbocycles. The third-order valence-corrected chi connectivity index (χ3v) is 2.25. The van der Waals surface area contributed by atoms with Gasteiger partial charge in [0.15, 0.2) is 0 Å². The van der Waals surface area contributed by atoms with Crippen molar-refractivity contribution in [1.29, 1.82) is 0 Å². The molecule has 0 fully saturated rings. The molecule has 0 aromatic heterocycles. The summed E-state index contributed by atoms with van der Waals surface area (Å²) in [5, 5.41) is 0. The third-order valence-electron chi connectivity index (χ3n) is 2.25. The lowest BCUT2D eigenvalue weighted by Crippen LogP contribution is -2.30. The molecule has 1 aromatic carbocycles. The third kappa shape index (κ3) is 6.29. The minimum absolute atomic E-state index is 0. The van der Waals surface area contributed by atoms with Crippen LogP contribution in [0.25, 0.3) is 0 Å². The number of hydrogen-bond acceptors (Lipinski definition) is 3. The second-order valence-electron chi connectivity index (χ2n) is 4.23. The van der Waals surface area contributed by atoms with Gasteiger partial charge in [0, 0.05) is 6.04 Å². The van der Waals surface area contributed by atoms with Crippen LogP contribution in [0.4, 0.5) is 0 Å². The molecule has 0 bridgehead atoms. The van der Waals surface area contributed by atoms with Crippen LogP contribution in [-0.4, -0.2) is 18.6 Å². The first-order chi connectivity index (χ1) is 7.59. The molecular weight excluding hydrogens is 238 g/mol. The summed E-state index contributed by atoms with van der Waals surface area (Å²) < 4.78 is 5.07. The van der Waals surface area contributed by atoms with Crippen molar-refractivity contribution in [2.45, 2.75) is 26.3 Å². The number of nitrogens with two attached hydrogens (primary N) is 1. The van der Waals surface area contributed by atoms with E-state index in [-0.39, 0.29) is 36.9 Å². The van der Waals surface area contributed by atoms with Gasteiger partial charge in [-0.1, -0.05) is 44.2 Å². The Morgan fingerprint density at radius 1 is 1.29 bits per heavy atom. The van der Waals surface area contributed by atoms with E-state index in [0.29, 0.717) is 0 Å². The first-order valence-electron chi connectivity index (χ1n) is 5.55. The molecule has 0 amide bonds. The van der Waals surface area contributed by atoms with Gasteiger partial charge in [-0.05, 0) is 12.0 Å². The van der Waals surface area contributed by atoms with Gasteiger partial charge in [0.25, 0.3) is 0 Å². The van der Waals surface area contributed by atoms with Gasteiger partial charge < -0.3 is 10.5 Å². The van der Waals surface area contributed by atoms with Crippen LogP contribution in [-0.2, 0) is 16.0 Å². The van der Waals surface area contributed by atoms with Crippen molar-refractivity contribution in [3.8, 4) is 0 Å². The molecule has 1 rings (SSSR count). The first-order valence-corrected chi connectivity index (χ1v) is 5.55. The van der Waals surface area contributed by atoms with Gasteiger partial charge in [-0.3, -0.25) is 4.79 Å². The molecule has 0 spiro atoms. The number of rotatable bonds is 5. The fraction of sp³-hybridized carbons (Fsp3) is 0.462. The highest BCUT2D eigenvalue weighted by atomic mass is 35.5. The molecule has 4 heteroatoms. The maximum absolute atomic E-state index is 11.2. The van der Waals surface area contributed by atoms with Crippen LogP contribution in [0.1, 0.15) is 19.4 Å². The lowest BCUT2D eigenvalue weighted by molar-refractivity contribution is -0.147. The average Bonchev–Trinajstić information content (AvgIpc) is 2.27. The number of carbonyl (C=O) groups is 1. The monoisotopic (exact) mass is 257 g/mol. The van der Waals surface area contributed by atoms with Crippen molar-refractivity contribution in [1.82, 2.24) is 0 Å². The van der Waals surface area contributed by atoms with Gasteiger partial charge in [0.2, 0.25) is 0 Å². The molecule has 1 aromatic rings. The summed E-state index contributed by atoms with van der Waals surface area (Å²) in [6.07, 6.45) is 0.728. The fourth-order valence-corrected chi connectivity index (χ4v) is 1.33. The molecule has 0 unspecified atom stereocenters. The van der Waals surface area contributed by atoms with Gasteiger partial charge in [-0.2, -0.15) is 0 Å². The van der Waals surface area contributed by atoms with Gasteiger partial charge in [-0.15, -0.1) is 12.4 Å². The van der Waals surface area contributed by atoms with E-state index in [4.69, 9.17) is 10.5 Å². The Hall–Kier alpha value is -1.06. The van der Waals surface area contributed by atoms with Crippen LogP contribution < -0.4 is 5.73 Å². The predicted molar refractivity (Wildman–Crippen MR) is 71.2 cm³/mol. The van der Waals surface area contributed by atoms with Crippen LogP contribution in [0.3, 0.4) is 0 Å². The Morgan fingerprint density at radius 2 is 1.88 bits per heavy atom. The minimum Gasteiger partial charge on any atom is -0.464 e. The van der Waals surface area contributed by atoms with Gasteiger partial charge in [-0.25, -0.2) is 0 Å². The number of ether oxygens (including phenoxy) is 1. The highest BCUT2D eigenvalue weighted by molar-refractivity contribution is 5.85. The van der Waals surface area contributed by atoms with E-state index in [9.17, 15) is 4.79 Å². The quantitative estimate of drug-likeness (QED) is 0.823. The summed E-state index contributed by atoms with van der Waals surface area (Å²) in [6.45, 7) is 3.90. The lowest BCUT2D eigenvalue weighted by atomic mass is 10.1. The van der Waals surface area contributed by atoms with Crippen molar-refractivity contribution in [3.63, 3.8) is 0 Å². The normalized spacial score (nSPS) is 11.8. The van der Waals surface area contributed by atoms with E-state index in [1.165, 1.54) is 0 Å². The largest absolute Gasteiger partial charge is 0.464 e. The summed E-state index contributed by atoms with van der Waals surface area (Å²) in [7, 11) is 0. The van der Waals surface area contributed by atoms with E-state index >= 15 is 0 Å². The summed E-state index contributed by atoms with van der Waals surface area (Å²) in [5.74, 6) is -0.285. The smallest absolute Gasteiger partial charge is 0.308 e. The second kappa shape index (κ2) is 8.09. The van der Waals surface area contributed by atoms with E-state index < -0.39 is 0 Å². The SMILES string of the molecule is CC(C)C(=O)OC[C@@H](N)Cc1ccccc1.Cl. The van der Waals surface area contributed by atoms with E-state index in [0.717, 1.165) is 12.0 Å². The molecule has 96 valence electrons. The fourth-order valence-electron chi connectivity index (χ4n) is 1.33. The van der Waals surface area contributed by atoms with Crippen LogP contribution in [0.2, 0.25) is 0 Å². The Kier molecular flexibility index (Phi) is 7.59. The van der Waals surface area contributed by atoms with E-state index in [2.05, 4.69) is 0 Å². The number of hydrogen-bond donors (Lipinski definition) is 1. The number of halogens is 1. The summed E-state index contributed by atoms with van der Waals surface area (Å²) in [5.41, 5.74) is 7.04. The molecule has 0 heterocycles. The average molecular weight is 258 g/mol. The molecule has 2 N–H and O–H groups in total. The topological polar surface area (TPSA) is 52.3 Å². The minimum atomic E-state index is -0.191. The van der Waals surface area contributed by atoms with Crippen molar-refractivity contribution in [2.75, 3.05) is 6.61 Å². The van der Waals surface area contributed by atoms with Crippen molar-refractivity contribution in [3.05, 3.63) is 35.9 Å². The van der Waals surface area contributed by atoms with E-state index in [1.807, 2.05) is 44.2 Å². The molecule has 0 aliphatic rings. The second-order valence-corrected chi connectivity index (χ2v) is 4.23. The molecule has 0 radical (unpaired) electrons. The predicted octanol–water partition coefficient (Wildman–Crippen LogP) is 2.18. The van der Waals surface area contributed by atoms with Gasteiger partial charge >= 0.3 is 5.97 Å². The Morgan fingerprint density at radius 3 is 2.41 bits per heavy atom. The molecule has 0 saturated carbocycles. The summed E-state index contributed by atoms with van der Waals surface area (Å²) in [4.78, 5) is 11.2. The Labute approximate surface area is 109 Å². The zero-order chi connectivity index (χ0) is 12.0. The molecule has 1 atom stereocenters. The lowest BCUT2D eigenvalue weighted by Gasteiger charge is -2.13. The Bertz CT molecular complexity index is 327. The first kappa shape index (κ1) is 15.9. The van der Waals surface area contributed by atoms with Crippen LogP contribution in [0.15, 0.2) is 30.3 Å². The maximum atomic E-state index is 11.2. The van der Waals surface area contributed by atoms with Crippen molar-refractivity contribution >= 4 is 18.4 Å². The standard InChI is InChI=1S/C13H19NO2.ClH/c1-10(2)13(15)16-9-12(14)8-11-6-4-3-5-7-11;/h3-7,10,12H,8-9,14H2,1-2H3;1H/t12-;/m0./s1. The van der Waals surface area contributed by atoms with E-state index in [1.54, 1.807) is 0 Å². The van der Waals surface area contributed by atoms with Crippen LogP contribution in [0.5, 0.6) is 0 Å². The van der Waals surface area contributed by atoms with Crippen molar-refractivity contribution in [2.24, 2.45) is 11.7 Å². The molecular formula is C13H20ClNO2. The summed E-state index contributed by atoms with van der Waals surface area (Å²) >= 11 is 0. The molecule has 3 nitrogen and oxygen atoms in total. The number of carbonyl (C=O) groups excluding carboxylic acids is 1. The highest BCUT2D eigenvalue weighted by Gasteiger charge is 2.11. The maximum Gasteiger partial charge on any atom is 0.308 e. The Balaban J connectivity index is 0.00000256. The molecule has 17 heavy (non-hydrogen) atoms. The zero-order valence-corrected chi connectivity index (χ0v) is 11.1. The van der Waals surface area contributed by atoms with Gasteiger partial charge in [0.1, 0.15) is 6.61 Å². The number of benzene rings is 1. The highest BCUT2D eigenvalue weighted by Crippen LogP contribution is 2.03. The van der Waals surface area contributed by atoms with Gasteiger partial charge in [0.05, 0.1) is 5.92 Å². The van der Waals surface area contributed by atoms with Crippen molar-refractivity contribution < 1.29 is 9.53 Å². The molecule has 0 saturated heterocycles. The zero-order valence-electron chi connectivity index (χ0n) is 10.3. The number of esters is 1. The van der Waals surface area contributed by atoms with Crippen LogP contribution >= 0.6 is 12.4 Å². The molecule has 0 aliphatic heterocycles. The van der Waals surface area contributed by atoms with Crippen LogP contribution in [0, 0.1) is 5.92 Å². The summed E-state index contributed by atoms with van der Waals surface area (Å²) in [6, 6.07) is 9.82.